The van der Waals surface area contributed by atoms with Gasteiger partial charge in [0.25, 0.3) is 0 Å². The SMILES string of the molecule is N#CCCCCN1CCC2(CCCCC2)CC1. The van der Waals surface area contributed by atoms with Crippen LogP contribution in [-0.4, -0.2) is 24.5 Å². The molecule has 0 amide bonds. The van der Waals surface area contributed by atoms with Gasteiger partial charge in [0.15, 0.2) is 0 Å². The molecule has 1 aliphatic carbocycles. The van der Waals surface area contributed by atoms with E-state index in [9.17, 15) is 0 Å². The van der Waals surface area contributed by atoms with Gasteiger partial charge in [-0.1, -0.05) is 19.3 Å². The first kappa shape index (κ1) is 12.9. The molecule has 2 heteroatoms. The fourth-order valence-corrected chi connectivity index (χ4v) is 3.59. The summed E-state index contributed by atoms with van der Waals surface area (Å²) in [6.45, 7) is 3.84. The van der Waals surface area contributed by atoms with E-state index in [1.165, 1.54) is 71.0 Å². The Hall–Kier alpha value is -0.550. The Bertz CT molecular complexity index is 251. The minimum atomic E-state index is 0.734. The summed E-state index contributed by atoms with van der Waals surface area (Å²) in [6, 6.07) is 2.23. The number of unbranched alkanes of at least 4 members (excludes halogenated alkanes) is 2. The summed E-state index contributed by atoms with van der Waals surface area (Å²) in [6.07, 6.45) is 13.3. The van der Waals surface area contributed by atoms with Crippen LogP contribution < -0.4 is 0 Å². The monoisotopic (exact) mass is 234 g/mol. The number of hydrogen-bond donors (Lipinski definition) is 0. The predicted octanol–water partition coefficient (Wildman–Crippen LogP) is 3.73. The summed E-state index contributed by atoms with van der Waals surface area (Å²) in [7, 11) is 0. The van der Waals surface area contributed by atoms with Crippen LogP contribution in [0.15, 0.2) is 0 Å². The number of likely N-dealkylation sites (tertiary alicyclic amines) is 1. The molecule has 1 saturated heterocycles. The van der Waals surface area contributed by atoms with Gasteiger partial charge >= 0.3 is 0 Å². The maximum absolute atomic E-state index is 8.51. The maximum Gasteiger partial charge on any atom is 0.0621 e. The molecule has 2 nitrogen and oxygen atoms in total. The molecule has 2 rings (SSSR count). The molecule has 0 aromatic carbocycles. The van der Waals surface area contributed by atoms with Crippen LogP contribution in [0.5, 0.6) is 0 Å². The van der Waals surface area contributed by atoms with E-state index in [0.29, 0.717) is 0 Å². The molecule has 0 bridgehead atoms. The minimum absolute atomic E-state index is 0.734. The second kappa shape index (κ2) is 6.40. The van der Waals surface area contributed by atoms with Crippen LogP contribution in [0.1, 0.15) is 64.2 Å². The van der Waals surface area contributed by atoms with Crippen molar-refractivity contribution in [1.82, 2.24) is 4.90 Å². The fourth-order valence-electron chi connectivity index (χ4n) is 3.59. The molecule has 0 N–H and O–H groups in total. The Morgan fingerprint density at radius 1 is 0.941 bits per heavy atom. The van der Waals surface area contributed by atoms with Gasteiger partial charge in [-0.3, -0.25) is 0 Å². The van der Waals surface area contributed by atoms with Crippen LogP contribution in [-0.2, 0) is 0 Å². The average Bonchev–Trinajstić information content (AvgIpc) is 2.38. The van der Waals surface area contributed by atoms with Gasteiger partial charge in [-0.15, -0.1) is 0 Å². The van der Waals surface area contributed by atoms with Crippen molar-refractivity contribution < 1.29 is 0 Å². The summed E-state index contributed by atoms with van der Waals surface area (Å²) in [5.74, 6) is 0. The number of rotatable bonds is 4. The molecule has 0 unspecified atom stereocenters. The third kappa shape index (κ3) is 3.71. The number of nitriles is 1. The Balaban J connectivity index is 1.65. The van der Waals surface area contributed by atoms with E-state index in [0.717, 1.165) is 18.3 Å². The molecular formula is C15H26N2. The highest BCUT2D eigenvalue weighted by molar-refractivity contribution is 4.88. The van der Waals surface area contributed by atoms with Crippen LogP contribution in [0.2, 0.25) is 0 Å². The van der Waals surface area contributed by atoms with E-state index in [2.05, 4.69) is 11.0 Å². The zero-order valence-electron chi connectivity index (χ0n) is 11.1. The molecule has 1 spiro atoms. The van der Waals surface area contributed by atoms with Crippen molar-refractivity contribution in [2.24, 2.45) is 5.41 Å². The Morgan fingerprint density at radius 2 is 1.65 bits per heavy atom. The van der Waals surface area contributed by atoms with Crippen LogP contribution >= 0.6 is 0 Å². The van der Waals surface area contributed by atoms with Gasteiger partial charge in [0.2, 0.25) is 0 Å². The van der Waals surface area contributed by atoms with E-state index in [1.807, 2.05) is 0 Å². The average molecular weight is 234 g/mol. The molecule has 1 heterocycles. The number of nitrogens with zero attached hydrogens (tertiary/aromatic N) is 2. The smallest absolute Gasteiger partial charge is 0.0621 e. The Labute approximate surface area is 106 Å². The molecule has 17 heavy (non-hydrogen) atoms. The minimum Gasteiger partial charge on any atom is -0.303 e. The quantitative estimate of drug-likeness (QED) is 0.693. The first-order valence-corrected chi connectivity index (χ1v) is 7.44. The zero-order valence-corrected chi connectivity index (χ0v) is 11.1. The first-order chi connectivity index (χ1) is 8.35. The molecule has 0 radical (unpaired) electrons. The fraction of sp³-hybridized carbons (Fsp3) is 0.933. The van der Waals surface area contributed by atoms with Crippen molar-refractivity contribution in [3.05, 3.63) is 0 Å². The second-order valence-corrected chi connectivity index (χ2v) is 6.02. The van der Waals surface area contributed by atoms with Crippen LogP contribution in [0, 0.1) is 16.7 Å². The normalized spacial score (nSPS) is 24.6. The second-order valence-electron chi connectivity index (χ2n) is 6.02. The van der Waals surface area contributed by atoms with Crippen molar-refractivity contribution in [1.29, 1.82) is 5.26 Å². The maximum atomic E-state index is 8.51. The van der Waals surface area contributed by atoms with Crippen molar-refractivity contribution in [2.75, 3.05) is 19.6 Å². The van der Waals surface area contributed by atoms with E-state index < -0.39 is 0 Å². The summed E-state index contributed by atoms with van der Waals surface area (Å²) >= 11 is 0. The van der Waals surface area contributed by atoms with E-state index in [1.54, 1.807) is 0 Å². The van der Waals surface area contributed by atoms with Gasteiger partial charge in [0.05, 0.1) is 6.07 Å². The third-order valence-electron chi connectivity index (χ3n) is 4.84. The van der Waals surface area contributed by atoms with Gasteiger partial charge in [0, 0.05) is 6.42 Å². The van der Waals surface area contributed by atoms with Crippen molar-refractivity contribution in [3.8, 4) is 6.07 Å². The summed E-state index contributed by atoms with van der Waals surface area (Å²) in [5.41, 5.74) is 0.738. The summed E-state index contributed by atoms with van der Waals surface area (Å²) in [5, 5.41) is 8.51. The summed E-state index contributed by atoms with van der Waals surface area (Å²) < 4.78 is 0. The van der Waals surface area contributed by atoms with Gasteiger partial charge in [-0.25, -0.2) is 0 Å². The molecule has 1 saturated carbocycles. The van der Waals surface area contributed by atoms with Crippen LogP contribution in [0.25, 0.3) is 0 Å². The molecular weight excluding hydrogens is 208 g/mol. The van der Waals surface area contributed by atoms with E-state index in [-0.39, 0.29) is 0 Å². The van der Waals surface area contributed by atoms with Gasteiger partial charge in [-0.2, -0.15) is 5.26 Å². The van der Waals surface area contributed by atoms with Crippen LogP contribution in [0.3, 0.4) is 0 Å². The highest BCUT2D eigenvalue weighted by Gasteiger charge is 2.34. The Kier molecular flexibility index (Phi) is 4.86. The van der Waals surface area contributed by atoms with Crippen molar-refractivity contribution in [3.63, 3.8) is 0 Å². The summed E-state index contributed by atoms with van der Waals surface area (Å²) in [4.78, 5) is 2.62. The zero-order chi connectivity index (χ0) is 12.0. The highest BCUT2D eigenvalue weighted by Crippen LogP contribution is 2.44. The molecule has 2 aliphatic rings. The lowest BCUT2D eigenvalue weighted by molar-refractivity contribution is 0.0671. The lowest BCUT2D eigenvalue weighted by atomic mass is 9.68. The predicted molar refractivity (Wildman–Crippen MR) is 70.7 cm³/mol. The number of piperidine rings is 1. The molecule has 1 aliphatic heterocycles. The lowest BCUT2D eigenvalue weighted by Crippen LogP contribution is -2.41. The first-order valence-electron chi connectivity index (χ1n) is 7.44. The van der Waals surface area contributed by atoms with Crippen molar-refractivity contribution in [2.45, 2.75) is 64.2 Å². The molecule has 2 fully saturated rings. The lowest BCUT2D eigenvalue weighted by Gasteiger charge is -2.44. The molecule has 96 valence electrons. The van der Waals surface area contributed by atoms with Gasteiger partial charge in [-0.05, 0) is 63.6 Å². The van der Waals surface area contributed by atoms with E-state index in [4.69, 9.17) is 5.26 Å². The van der Waals surface area contributed by atoms with Crippen LogP contribution in [0.4, 0.5) is 0 Å². The number of hydrogen-bond acceptors (Lipinski definition) is 2. The highest BCUT2D eigenvalue weighted by atomic mass is 15.1. The topological polar surface area (TPSA) is 27.0 Å². The van der Waals surface area contributed by atoms with Gasteiger partial charge < -0.3 is 4.90 Å². The van der Waals surface area contributed by atoms with E-state index >= 15 is 0 Å². The molecule has 0 aromatic heterocycles. The Morgan fingerprint density at radius 3 is 2.29 bits per heavy atom. The molecule has 0 atom stereocenters. The largest absolute Gasteiger partial charge is 0.303 e. The van der Waals surface area contributed by atoms with Gasteiger partial charge in [0.1, 0.15) is 0 Å². The third-order valence-corrected chi connectivity index (χ3v) is 4.84. The van der Waals surface area contributed by atoms with Crippen molar-refractivity contribution >= 4 is 0 Å². The standard InChI is InChI=1S/C15H26N2/c16-11-5-2-6-12-17-13-9-15(10-14-17)7-3-1-4-8-15/h1-10,12-14H2. The molecule has 0 aromatic rings.